The molecule has 4 rings (SSSR count). The highest BCUT2D eigenvalue weighted by Gasteiger charge is 2.21. The molecule has 1 amide bonds. The number of carbonyl (C=O) groups excluding carboxylic acids is 1. The van der Waals surface area contributed by atoms with Crippen molar-refractivity contribution < 1.29 is 14.1 Å². The number of piperazine rings is 1. The second kappa shape index (κ2) is 10.6. The van der Waals surface area contributed by atoms with E-state index in [0.29, 0.717) is 55.0 Å². The van der Waals surface area contributed by atoms with Crippen LogP contribution < -0.4 is 4.74 Å². The molecular formula is C24H27ClN4O3. The summed E-state index contributed by atoms with van der Waals surface area (Å²) in [6, 6.07) is 15.4. The number of hydrogen-bond donors (Lipinski definition) is 0. The van der Waals surface area contributed by atoms with E-state index in [1.54, 1.807) is 0 Å². The molecule has 0 N–H and O–H groups in total. The molecule has 7 nitrogen and oxygen atoms in total. The zero-order chi connectivity index (χ0) is 22.3. The van der Waals surface area contributed by atoms with Gasteiger partial charge in [-0.05, 0) is 19.1 Å². The van der Waals surface area contributed by atoms with Crippen molar-refractivity contribution in [3.63, 3.8) is 0 Å². The number of ether oxygens (including phenoxy) is 1. The lowest BCUT2D eigenvalue weighted by molar-refractivity contribution is -0.133. The molecule has 1 aromatic heterocycles. The smallest absolute Gasteiger partial charge is 0.227 e. The maximum atomic E-state index is 12.6. The van der Waals surface area contributed by atoms with E-state index in [2.05, 4.69) is 15.0 Å². The first-order valence-electron chi connectivity index (χ1n) is 10.9. The Hall–Kier alpha value is -2.90. The summed E-state index contributed by atoms with van der Waals surface area (Å²) in [7, 11) is 0. The fourth-order valence-electron chi connectivity index (χ4n) is 3.62. The van der Waals surface area contributed by atoms with Gasteiger partial charge in [0.2, 0.25) is 17.6 Å². The lowest BCUT2D eigenvalue weighted by atomic mass is 10.1. The topological polar surface area (TPSA) is 71.7 Å². The van der Waals surface area contributed by atoms with E-state index in [9.17, 15) is 4.79 Å². The van der Waals surface area contributed by atoms with Gasteiger partial charge in [0, 0.05) is 51.1 Å². The third-order valence-corrected chi connectivity index (χ3v) is 5.87. The SMILES string of the molecule is Cc1ccc(-c2noc(CCC(=O)N3CCN(CCOc4ccccc4Cl)CC3)n2)cc1. The van der Waals surface area contributed by atoms with Crippen LogP contribution in [0.4, 0.5) is 0 Å². The van der Waals surface area contributed by atoms with Crippen molar-refractivity contribution in [2.75, 3.05) is 39.3 Å². The highest BCUT2D eigenvalue weighted by molar-refractivity contribution is 6.32. The van der Waals surface area contributed by atoms with E-state index in [-0.39, 0.29) is 5.91 Å². The molecule has 32 heavy (non-hydrogen) atoms. The molecular weight excluding hydrogens is 428 g/mol. The van der Waals surface area contributed by atoms with Crippen molar-refractivity contribution in [1.29, 1.82) is 0 Å². The molecule has 0 unspecified atom stereocenters. The van der Waals surface area contributed by atoms with Crippen molar-refractivity contribution >= 4 is 17.5 Å². The first kappa shape index (κ1) is 22.3. The van der Waals surface area contributed by atoms with Crippen LogP contribution >= 0.6 is 11.6 Å². The predicted octanol–water partition coefficient (Wildman–Crippen LogP) is 3.85. The van der Waals surface area contributed by atoms with Gasteiger partial charge in [0.1, 0.15) is 12.4 Å². The third-order valence-electron chi connectivity index (χ3n) is 5.56. The Morgan fingerprint density at radius 3 is 2.59 bits per heavy atom. The normalized spacial score (nSPS) is 14.5. The second-order valence-corrected chi connectivity index (χ2v) is 8.29. The number of para-hydroxylation sites is 1. The fourth-order valence-corrected chi connectivity index (χ4v) is 3.81. The Balaban J connectivity index is 1.17. The van der Waals surface area contributed by atoms with Crippen molar-refractivity contribution in [2.45, 2.75) is 19.8 Å². The highest BCUT2D eigenvalue weighted by Crippen LogP contribution is 2.23. The van der Waals surface area contributed by atoms with Crippen molar-refractivity contribution in [3.05, 3.63) is 65.0 Å². The zero-order valence-electron chi connectivity index (χ0n) is 18.2. The van der Waals surface area contributed by atoms with Gasteiger partial charge in [-0.25, -0.2) is 0 Å². The van der Waals surface area contributed by atoms with Crippen LogP contribution in [0.3, 0.4) is 0 Å². The quantitative estimate of drug-likeness (QED) is 0.514. The average Bonchev–Trinajstić information content (AvgIpc) is 3.29. The molecule has 0 atom stereocenters. The molecule has 2 aromatic carbocycles. The number of benzene rings is 2. The zero-order valence-corrected chi connectivity index (χ0v) is 18.9. The van der Waals surface area contributed by atoms with E-state index >= 15 is 0 Å². The first-order valence-corrected chi connectivity index (χ1v) is 11.2. The van der Waals surface area contributed by atoms with Crippen molar-refractivity contribution in [2.24, 2.45) is 0 Å². The minimum absolute atomic E-state index is 0.118. The van der Waals surface area contributed by atoms with Crippen molar-refractivity contribution in [3.8, 4) is 17.1 Å². The van der Waals surface area contributed by atoms with Gasteiger partial charge < -0.3 is 14.2 Å². The van der Waals surface area contributed by atoms with Crippen LogP contribution in [0, 0.1) is 6.92 Å². The van der Waals surface area contributed by atoms with Crippen LogP contribution in [0.15, 0.2) is 53.1 Å². The Morgan fingerprint density at radius 1 is 1.09 bits per heavy atom. The van der Waals surface area contributed by atoms with Crippen molar-refractivity contribution in [1.82, 2.24) is 19.9 Å². The summed E-state index contributed by atoms with van der Waals surface area (Å²) >= 11 is 6.11. The van der Waals surface area contributed by atoms with Crippen LogP contribution in [0.25, 0.3) is 11.4 Å². The molecule has 168 valence electrons. The average molecular weight is 455 g/mol. The van der Waals surface area contributed by atoms with Gasteiger partial charge in [-0.1, -0.05) is 58.7 Å². The number of hydrogen-bond acceptors (Lipinski definition) is 6. The summed E-state index contributed by atoms with van der Waals surface area (Å²) in [6.45, 7) is 6.48. The summed E-state index contributed by atoms with van der Waals surface area (Å²) in [5, 5.41) is 4.66. The molecule has 0 radical (unpaired) electrons. The van der Waals surface area contributed by atoms with Gasteiger partial charge in [-0.15, -0.1) is 0 Å². The summed E-state index contributed by atoms with van der Waals surface area (Å²) in [5.74, 6) is 1.87. The van der Waals surface area contributed by atoms with E-state index < -0.39 is 0 Å². The van der Waals surface area contributed by atoms with Crippen LogP contribution in [-0.4, -0.2) is 65.2 Å². The maximum Gasteiger partial charge on any atom is 0.227 e. The predicted molar refractivity (Wildman–Crippen MR) is 123 cm³/mol. The monoisotopic (exact) mass is 454 g/mol. The Morgan fingerprint density at radius 2 is 1.84 bits per heavy atom. The largest absolute Gasteiger partial charge is 0.491 e. The minimum atomic E-state index is 0.118. The lowest BCUT2D eigenvalue weighted by Crippen LogP contribution is -2.49. The summed E-state index contributed by atoms with van der Waals surface area (Å²) in [4.78, 5) is 21.2. The van der Waals surface area contributed by atoms with E-state index in [1.807, 2.05) is 60.4 Å². The number of rotatable bonds is 8. The molecule has 0 saturated carbocycles. The molecule has 1 aliphatic rings. The van der Waals surface area contributed by atoms with Gasteiger partial charge >= 0.3 is 0 Å². The molecule has 8 heteroatoms. The molecule has 0 bridgehead atoms. The number of halogens is 1. The van der Waals surface area contributed by atoms with E-state index in [0.717, 1.165) is 25.2 Å². The van der Waals surface area contributed by atoms with E-state index in [1.165, 1.54) is 5.56 Å². The molecule has 3 aromatic rings. The number of aryl methyl sites for hydroxylation is 2. The number of carbonyl (C=O) groups is 1. The summed E-state index contributed by atoms with van der Waals surface area (Å²) in [6.07, 6.45) is 0.814. The molecule has 1 saturated heterocycles. The Bertz CT molecular complexity index is 1030. The number of nitrogens with zero attached hydrogens (tertiary/aromatic N) is 4. The number of aromatic nitrogens is 2. The van der Waals surface area contributed by atoms with Crippen LogP contribution in [-0.2, 0) is 11.2 Å². The van der Waals surface area contributed by atoms with Gasteiger partial charge in [-0.3, -0.25) is 9.69 Å². The molecule has 2 heterocycles. The summed E-state index contributed by atoms with van der Waals surface area (Å²) < 4.78 is 11.1. The van der Waals surface area contributed by atoms with Crippen LogP contribution in [0.5, 0.6) is 5.75 Å². The minimum Gasteiger partial charge on any atom is -0.491 e. The van der Waals surface area contributed by atoms with E-state index in [4.69, 9.17) is 20.9 Å². The Kier molecular flexibility index (Phi) is 7.39. The number of amides is 1. The van der Waals surface area contributed by atoms with Gasteiger partial charge in [0.25, 0.3) is 0 Å². The summed E-state index contributed by atoms with van der Waals surface area (Å²) in [5.41, 5.74) is 2.09. The molecule has 0 aliphatic carbocycles. The Labute approximate surface area is 192 Å². The van der Waals surface area contributed by atoms with Crippen LogP contribution in [0.2, 0.25) is 5.02 Å². The van der Waals surface area contributed by atoms with Crippen LogP contribution in [0.1, 0.15) is 17.9 Å². The second-order valence-electron chi connectivity index (χ2n) is 7.88. The molecule has 1 aliphatic heterocycles. The fraction of sp³-hybridized carbons (Fsp3) is 0.375. The maximum absolute atomic E-state index is 12.6. The molecule has 1 fully saturated rings. The standard InChI is InChI=1S/C24H27ClN4O3/c1-18-6-8-19(9-7-18)24-26-22(32-27-24)10-11-23(30)29-14-12-28(13-15-29)16-17-31-21-5-3-2-4-20(21)25/h2-9H,10-17H2,1H3. The molecule has 0 spiro atoms. The van der Waals surface area contributed by atoms with Gasteiger partial charge in [-0.2, -0.15) is 4.98 Å². The van der Waals surface area contributed by atoms with Gasteiger partial charge in [0.15, 0.2) is 0 Å². The lowest BCUT2D eigenvalue weighted by Gasteiger charge is -2.34. The highest BCUT2D eigenvalue weighted by atomic mass is 35.5. The third kappa shape index (κ3) is 5.87. The first-order chi connectivity index (χ1) is 15.6. The van der Waals surface area contributed by atoms with Gasteiger partial charge in [0.05, 0.1) is 5.02 Å².